The van der Waals surface area contributed by atoms with Crippen molar-refractivity contribution >= 4 is 28.6 Å². The van der Waals surface area contributed by atoms with Crippen LogP contribution in [0, 0.1) is 0 Å². The molecule has 7 heteroatoms. The second-order valence-corrected chi connectivity index (χ2v) is 6.25. The molecule has 0 atom stereocenters. The fourth-order valence-electron chi connectivity index (χ4n) is 2.81. The van der Waals surface area contributed by atoms with Crippen molar-refractivity contribution < 1.29 is 0 Å². The summed E-state index contributed by atoms with van der Waals surface area (Å²) in [6.07, 6.45) is 6.22. The van der Waals surface area contributed by atoms with E-state index in [2.05, 4.69) is 37.4 Å². The van der Waals surface area contributed by atoms with Crippen LogP contribution in [0.3, 0.4) is 0 Å². The lowest BCUT2D eigenvalue weighted by Gasteiger charge is -2.08. The second kappa shape index (κ2) is 7.49. The summed E-state index contributed by atoms with van der Waals surface area (Å²) in [5, 5.41) is 3.53. The van der Waals surface area contributed by atoms with Gasteiger partial charge >= 0.3 is 0 Å². The Bertz CT molecular complexity index is 1000. The monoisotopic (exact) mass is 364 g/mol. The Hall–Kier alpha value is -2.99. The molecule has 4 rings (SSSR count). The standard InChI is InChI=1S/C19H17ClN6/c20-19-24-17(22-10-8-14-5-2-1-3-6-14)16-18(25-19)26(13-23-16)12-15-7-4-9-21-11-15/h1-7,9,11,13H,8,10,12H2,(H,22,24,25). The zero-order chi connectivity index (χ0) is 17.8. The van der Waals surface area contributed by atoms with Gasteiger partial charge in [0.1, 0.15) is 0 Å². The van der Waals surface area contributed by atoms with Crippen molar-refractivity contribution in [3.63, 3.8) is 0 Å². The molecule has 0 aliphatic heterocycles. The zero-order valence-corrected chi connectivity index (χ0v) is 14.8. The fraction of sp³-hybridized carbons (Fsp3) is 0.158. The predicted octanol–water partition coefficient (Wildman–Crippen LogP) is 3.58. The topological polar surface area (TPSA) is 68.5 Å². The number of fused-ring (bicyclic) bond motifs is 1. The molecule has 0 unspecified atom stereocenters. The summed E-state index contributed by atoms with van der Waals surface area (Å²) in [4.78, 5) is 17.3. The number of anilines is 1. The van der Waals surface area contributed by atoms with Gasteiger partial charge in [0.25, 0.3) is 0 Å². The minimum atomic E-state index is 0.202. The van der Waals surface area contributed by atoms with Crippen LogP contribution in [0.15, 0.2) is 61.2 Å². The Labute approximate surface area is 155 Å². The first-order chi connectivity index (χ1) is 12.8. The van der Waals surface area contributed by atoms with E-state index in [1.54, 1.807) is 12.5 Å². The first-order valence-electron chi connectivity index (χ1n) is 8.35. The molecule has 26 heavy (non-hydrogen) atoms. The lowest BCUT2D eigenvalue weighted by atomic mass is 10.1. The van der Waals surface area contributed by atoms with Crippen LogP contribution >= 0.6 is 11.6 Å². The van der Waals surface area contributed by atoms with E-state index in [-0.39, 0.29) is 5.28 Å². The smallest absolute Gasteiger partial charge is 0.226 e. The van der Waals surface area contributed by atoms with E-state index in [1.165, 1.54) is 5.56 Å². The maximum atomic E-state index is 6.14. The average Bonchev–Trinajstić information content (AvgIpc) is 3.06. The molecule has 0 saturated heterocycles. The summed E-state index contributed by atoms with van der Waals surface area (Å²) in [6.45, 7) is 1.36. The van der Waals surface area contributed by atoms with Gasteiger partial charge in [-0.25, -0.2) is 4.98 Å². The predicted molar refractivity (Wildman–Crippen MR) is 102 cm³/mol. The van der Waals surface area contributed by atoms with Gasteiger partial charge in [0.05, 0.1) is 12.9 Å². The normalized spacial score (nSPS) is 11.0. The quantitative estimate of drug-likeness (QED) is 0.530. The number of nitrogens with one attached hydrogen (secondary N) is 1. The highest BCUT2D eigenvalue weighted by atomic mass is 35.5. The van der Waals surface area contributed by atoms with Crippen LogP contribution in [-0.4, -0.2) is 31.0 Å². The molecule has 3 aromatic heterocycles. The van der Waals surface area contributed by atoms with E-state index in [1.807, 2.05) is 41.1 Å². The number of benzene rings is 1. The molecule has 6 nitrogen and oxygen atoms in total. The van der Waals surface area contributed by atoms with Crippen molar-refractivity contribution in [2.45, 2.75) is 13.0 Å². The highest BCUT2D eigenvalue weighted by Crippen LogP contribution is 2.21. The van der Waals surface area contributed by atoms with E-state index >= 15 is 0 Å². The molecule has 0 saturated carbocycles. The molecule has 4 aromatic rings. The number of rotatable bonds is 6. The van der Waals surface area contributed by atoms with Crippen LogP contribution in [0.2, 0.25) is 5.28 Å². The third-order valence-electron chi connectivity index (χ3n) is 4.06. The van der Waals surface area contributed by atoms with Crippen molar-refractivity contribution in [3.05, 3.63) is 77.6 Å². The number of pyridine rings is 1. The number of hydrogen-bond donors (Lipinski definition) is 1. The van der Waals surface area contributed by atoms with Gasteiger partial charge in [-0.1, -0.05) is 36.4 Å². The average molecular weight is 365 g/mol. The summed E-state index contributed by atoms with van der Waals surface area (Å²) in [6, 6.07) is 14.2. The van der Waals surface area contributed by atoms with E-state index in [0.717, 1.165) is 18.5 Å². The zero-order valence-electron chi connectivity index (χ0n) is 14.0. The minimum Gasteiger partial charge on any atom is -0.368 e. The van der Waals surface area contributed by atoms with Gasteiger partial charge < -0.3 is 9.88 Å². The molecular weight excluding hydrogens is 348 g/mol. The molecule has 1 aromatic carbocycles. The van der Waals surface area contributed by atoms with E-state index in [9.17, 15) is 0 Å². The van der Waals surface area contributed by atoms with Crippen LogP contribution in [0.4, 0.5) is 5.82 Å². The molecule has 0 aliphatic rings. The molecular formula is C19H17ClN6. The summed E-state index contributed by atoms with van der Waals surface area (Å²) in [5.41, 5.74) is 3.75. The Balaban J connectivity index is 1.55. The molecule has 3 heterocycles. The summed E-state index contributed by atoms with van der Waals surface area (Å²) in [5.74, 6) is 0.654. The van der Waals surface area contributed by atoms with Crippen LogP contribution in [-0.2, 0) is 13.0 Å². The van der Waals surface area contributed by atoms with E-state index < -0.39 is 0 Å². The van der Waals surface area contributed by atoms with Crippen LogP contribution in [0.25, 0.3) is 11.2 Å². The fourth-order valence-corrected chi connectivity index (χ4v) is 2.98. The summed E-state index contributed by atoms with van der Waals surface area (Å²) < 4.78 is 1.95. The highest BCUT2D eigenvalue weighted by Gasteiger charge is 2.12. The van der Waals surface area contributed by atoms with Gasteiger partial charge in [-0.15, -0.1) is 0 Å². The Morgan fingerprint density at radius 1 is 1.00 bits per heavy atom. The Morgan fingerprint density at radius 2 is 1.85 bits per heavy atom. The third kappa shape index (κ3) is 3.65. The SMILES string of the molecule is Clc1nc(NCCc2ccccc2)c2ncn(Cc3cccnc3)c2n1. The maximum absolute atomic E-state index is 6.14. The van der Waals surface area contributed by atoms with Crippen LogP contribution < -0.4 is 5.32 Å². The summed E-state index contributed by atoms with van der Waals surface area (Å²) in [7, 11) is 0. The van der Waals surface area contributed by atoms with Crippen molar-refractivity contribution in [3.8, 4) is 0 Å². The molecule has 1 N–H and O–H groups in total. The van der Waals surface area contributed by atoms with Crippen molar-refractivity contribution in [2.75, 3.05) is 11.9 Å². The number of aromatic nitrogens is 5. The molecule has 130 valence electrons. The van der Waals surface area contributed by atoms with E-state index in [0.29, 0.717) is 23.5 Å². The van der Waals surface area contributed by atoms with Gasteiger partial charge in [0, 0.05) is 18.9 Å². The van der Waals surface area contributed by atoms with Crippen molar-refractivity contribution in [2.24, 2.45) is 0 Å². The largest absolute Gasteiger partial charge is 0.368 e. The second-order valence-electron chi connectivity index (χ2n) is 5.91. The highest BCUT2D eigenvalue weighted by molar-refractivity contribution is 6.28. The first-order valence-corrected chi connectivity index (χ1v) is 8.72. The van der Waals surface area contributed by atoms with Gasteiger partial charge in [-0.2, -0.15) is 9.97 Å². The van der Waals surface area contributed by atoms with Crippen LogP contribution in [0.5, 0.6) is 0 Å². The molecule has 0 bridgehead atoms. The molecule has 0 radical (unpaired) electrons. The third-order valence-corrected chi connectivity index (χ3v) is 4.23. The van der Waals surface area contributed by atoms with Gasteiger partial charge in [0.2, 0.25) is 5.28 Å². The lowest BCUT2D eigenvalue weighted by Crippen LogP contribution is -2.08. The Kier molecular flexibility index (Phi) is 4.75. The van der Waals surface area contributed by atoms with Gasteiger partial charge in [0.15, 0.2) is 17.0 Å². The van der Waals surface area contributed by atoms with Gasteiger partial charge in [-0.3, -0.25) is 4.98 Å². The molecule has 0 spiro atoms. The first kappa shape index (κ1) is 16.5. The summed E-state index contributed by atoms with van der Waals surface area (Å²) >= 11 is 6.14. The number of halogens is 1. The Morgan fingerprint density at radius 3 is 2.65 bits per heavy atom. The van der Waals surface area contributed by atoms with Gasteiger partial charge in [-0.05, 0) is 35.2 Å². The minimum absolute atomic E-state index is 0.202. The number of hydrogen-bond acceptors (Lipinski definition) is 5. The lowest BCUT2D eigenvalue weighted by molar-refractivity contribution is 0.809. The van der Waals surface area contributed by atoms with Crippen molar-refractivity contribution in [1.29, 1.82) is 0 Å². The number of imidazole rings is 1. The van der Waals surface area contributed by atoms with Crippen molar-refractivity contribution in [1.82, 2.24) is 24.5 Å². The van der Waals surface area contributed by atoms with E-state index in [4.69, 9.17) is 11.6 Å². The molecule has 0 aliphatic carbocycles. The molecule has 0 fully saturated rings. The number of nitrogens with zero attached hydrogens (tertiary/aromatic N) is 5. The van der Waals surface area contributed by atoms with Crippen LogP contribution in [0.1, 0.15) is 11.1 Å². The maximum Gasteiger partial charge on any atom is 0.226 e. The molecule has 0 amide bonds.